The third-order valence-electron chi connectivity index (χ3n) is 9.81. The number of hydrogen-bond acceptors (Lipinski definition) is 2. The van der Waals surface area contributed by atoms with Crippen LogP contribution in [0.1, 0.15) is 0 Å². The summed E-state index contributed by atoms with van der Waals surface area (Å²) >= 11 is 0. The molecule has 11 aromatic rings. The molecule has 0 aliphatic rings. The van der Waals surface area contributed by atoms with Gasteiger partial charge in [0.15, 0.2) is 0 Å². The van der Waals surface area contributed by atoms with Crippen LogP contribution in [0.3, 0.4) is 0 Å². The van der Waals surface area contributed by atoms with Gasteiger partial charge in [-0.3, -0.25) is 13.5 Å². The van der Waals surface area contributed by atoms with E-state index in [1.54, 1.807) is 0 Å². The van der Waals surface area contributed by atoms with E-state index in [0.717, 1.165) is 61.3 Å². The summed E-state index contributed by atoms with van der Waals surface area (Å²) < 4.78 is 6.96. The summed E-state index contributed by atoms with van der Waals surface area (Å²) in [6.07, 6.45) is 0. The molecular formula is C42H25N5. The summed E-state index contributed by atoms with van der Waals surface area (Å²) in [7, 11) is 0. The molecule has 0 saturated carbocycles. The molecule has 0 amide bonds. The van der Waals surface area contributed by atoms with Crippen molar-refractivity contribution in [3.05, 3.63) is 152 Å². The summed E-state index contributed by atoms with van der Waals surface area (Å²) in [6, 6.07) is 53.9. The number of nitrogens with zero attached hydrogens (tertiary/aromatic N) is 5. The van der Waals surface area contributed by atoms with E-state index in [9.17, 15) is 0 Å². The highest BCUT2D eigenvalue weighted by Gasteiger charge is 2.21. The number of rotatable bonds is 2. The minimum atomic E-state index is 0.875. The quantitative estimate of drug-likeness (QED) is 0.186. The zero-order valence-corrected chi connectivity index (χ0v) is 25.2. The Morgan fingerprint density at radius 3 is 1.55 bits per heavy atom. The molecule has 0 radical (unpaired) electrons. The average molecular weight is 600 g/mol. The minimum absolute atomic E-state index is 0.875. The second-order valence-electron chi connectivity index (χ2n) is 12.2. The first-order chi connectivity index (χ1) is 23.3. The number of para-hydroxylation sites is 6. The van der Waals surface area contributed by atoms with Gasteiger partial charge in [-0.25, -0.2) is 9.97 Å². The van der Waals surface area contributed by atoms with E-state index in [1.165, 1.54) is 32.3 Å². The van der Waals surface area contributed by atoms with Gasteiger partial charge in [0.05, 0.1) is 38.6 Å². The predicted molar refractivity (Wildman–Crippen MR) is 194 cm³/mol. The molecule has 0 unspecified atom stereocenters. The highest BCUT2D eigenvalue weighted by Crippen LogP contribution is 2.41. The summed E-state index contributed by atoms with van der Waals surface area (Å²) in [5.74, 6) is 1.76. The first-order valence-corrected chi connectivity index (χ1v) is 15.9. The van der Waals surface area contributed by atoms with Crippen LogP contribution in [0, 0.1) is 0 Å². The van der Waals surface area contributed by atoms with Crippen molar-refractivity contribution in [2.24, 2.45) is 0 Å². The summed E-state index contributed by atoms with van der Waals surface area (Å²) in [4.78, 5) is 10.6. The third-order valence-corrected chi connectivity index (χ3v) is 9.81. The van der Waals surface area contributed by atoms with Gasteiger partial charge in [-0.15, -0.1) is 0 Å². The van der Waals surface area contributed by atoms with Gasteiger partial charge in [-0.1, -0.05) is 97.1 Å². The topological polar surface area (TPSA) is 40.0 Å². The highest BCUT2D eigenvalue weighted by atomic mass is 15.1. The summed E-state index contributed by atoms with van der Waals surface area (Å²) in [6.45, 7) is 0. The number of aromatic nitrogens is 5. The van der Waals surface area contributed by atoms with E-state index in [-0.39, 0.29) is 0 Å². The number of pyridine rings is 2. The van der Waals surface area contributed by atoms with Crippen LogP contribution >= 0.6 is 0 Å². The molecule has 47 heavy (non-hydrogen) atoms. The zero-order valence-electron chi connectivity index (χ0n) is 25.2. The van der Waals surface area contributed by atoms with E-state index in [4.69, 9.17) is 9.97 Å². The fraction of sp³-hybridized carbons (Fsp3) is 0. The number of hydrogen-bond donors (Lipinski definition) is 0. The van der Waals surface area contributed by atoms with Crippen molar-refractivity contribution >= 4 is 82.0 Å². The molecule has 218 valence electrons. The van der Waals surface area contributed by atoms with Gasteiger partial charge in [0, 0.05) is 37.7 Å². The number of imidazole rings is 1. The van der Waals surface area contributed by atoms with E-state index in [0.29, 0.717) is 0 Å². The predicted octanol–water partition coefficient (Wildman–Crippen LogP) is 10.4. The Morgan fingerprint density at radius 2 is 0.851 bits per heavy atom. The molecule has 0 spiro atoms. The largest absolute Gasteiger partial charge is 0.294 e. The maximum Gasteiger partial charge on any atom is 0.146 e. The molecule has 5 heterocycles. The lowest BCUT2D eigenvalue weighted by Crippen LogP contribution is -2.03. The Labute approximate surface area is 268 Å². The highest BCUT2D eigenvalue weighted by molar-refractivity contribution is 6.28. The fourth-order valence-corrected chi connectivity index (χ4v) is 7.92. The van der Waals surface area contributed by atoms with Gasteiger partial charge in [0.1, 0.15) is 17.3 Å². The van der Waals surface area contributed by atoms with Crippen molar-refractivity contribution in [2.45, 2.75) is 0 Å². The summed E-state index contributed by atoms with van der Waals surface area (Å²) in [5, 5.41) is 8.33. The SMILES string of the molecule is c1cc(-n2c3ccccc3c3ccccc32)nc(-n2c3ccccc3c3ccc4c(c5ccccc5n5c6ccccc6nc45)c32)c1. The van der Waals surface area contributed by atoms with Gasteiger partial charge in [0.2, 0.25) is 0 Å². The van der Waals surface area contributed by atoms with Crippen molar-refractivity contribution in [2.75, 3.05) is 0 Å². The van der Waals surface area contributed by atoms with E-state index >= 15 is 0 Å². The molecule has 5 aromatic heterocycles. The van der Waals surface area contributed by atoms with Gasteiger partial charge < -0.3 is 0 Å². The molecule has 0 bridgehead atoms. The molecule has 5 heteroatoms. The van der Waals surface area contributed by atoms with Crippen LogP contribution in [0.2, 0.25) is 0 Å². The Bertz CT molecular complexity index is 3030. The average Bonchev–Trinajstić information content (AvgIpc) is 3.80. The van der Waals surface area contributed by atoms with Crippen molar-refractivity contribution in [1.82, 2.24) is 23.5 Å². The molecule has 0 aliphatic carbocycles. The van der Waals surface area contributed by atoms with Crippen LogP contribution in [-0.4, -0.2) is 23.5 Å². The van der Waals surface area contributed by atoms with Crippen molar-refractivity contribution in [3.8, 4) is 11.6 Å². The molecule has 5 nitrogen and oxygen atoms in total. The fourth-order valence-electron chi connectivity index (χ4n) is 7.92. The van der Waals surface area contributed by atoms with Crippen LogP contribution in [0.25, 0.3) is 93.6 Å². The normalized spacial score (nSPS) is 12.3. The molecule has 11 rings (SSSR count). The summed E-state index contributed by atoms with van der Waals surface area (Å²) in [5.41, 5.74) is 8.76. The van der Waals surface area contributed by atoms with Crippen LogP contribution in [0.5, 0.6) is 0 Å². The number of fused-ring (bicyclic) bond motifs is 15. The Hall–Kier alpha value is -6.46. The van der Waals surface area contributed by atoms with E-state index in [2.05, 4.69) is 165 Å². The first kappa shape index (κ1) is 24.8. The van der Waals surface area contributed by atoms with Gasteiger partial charge in [-0.2, -0.15) is 0 Å². The monoisotopic (exact) mass is 599 g/mol. The smallest absolute Gasteiger partial charge is 0.146 e. The van der Waals surface area contributed by atoms with Crippen LogP contribution in [0.15, 0.2) is 152 Å². The van der Waals surface area contributed by atoms with E-state index in [1.807, 2.05) is 0 Å². The molecule has 0 atom stereocenters. The standard InChI is InChI=1S/C42H25N5/c1-6-17-33-26(12-1)27-13-2-7-18-34(27)45(33)38-22-11-23-39(44-38)47-35-19-8-3-14-28(35)29-24-25-31-40(41(29)47)30-15-4-9-20-36(30)46-37-21-10-5-16-32(37)43-42(31)46/h1-25H. The molecule has 0 fully saturated rings. The lowest BCUT2D eigenvalue weighted by molar-refractivity contribution is 1.02. The van der Waals surface area contributed by atoms with Crippen molar-refractivity contribution in [1.29, 1.82) is 0 Å². The van der Waals surface area contributed by atoms with Gasteiger partial charge >= 0.3 is 0 Å². The number of benzene rings is 6. The Balaban J connectivity index is 1.31. The third kappa shape index (κ3) is 3.22. The second kappa shape index (κ2) is 9.05. The van der Waals surface area contributed by atoms with Crippen molar-refractivity contribution < 1.29 is 0 Å². The van der Waals surface area contributed by atoms with E-state index < -0.39 is 0 Å². The Kier molecular flexibility index (Phi) is 4.78. The maximum absolute atomic E-state index is 5.45. The first-order valence-electron chi connectivity index (χ1n) is 15.9. The molecular weight excluding hydrogens is 574 g/mol. The minimum Gasteiger partial charge on any atom is -0.294 e. The molecule has 0 N–H and O–H groups in total. The lowest BCUT2D eigenvalue weighted by atomic mass is 10.0. The van der Waals surface area contributed by atoms with Crippen LogP contribution < -0.4 is 0 Å². The van der Waals surface area contributed by atoms with Crippen LogP contribution in [0.4, 0.5) is 0 Å². The van der Waals surface area contributed by atoms with Crippen LogP contribution in [-0.2, 0) is 0 Å². The van der Waals surface area contributed by atoms with Gasteiger partial charge in [-0.05, 0) is 54.6 Å². The maximum atomic E-state index is 5.45. The van der Waals surface area contributed by atoms with Crippen molar-refractivity contribution in [3.63, 3.8) is 0 Å². The van der Waals surface area contributed by atoms with Gasteiger partial charge in [0.25, 0.3) is 0 Å². The zero-order chi connectivity index (χ0) is 30.6. The molecule has 0 saturated heterocycles. The second-order valence-corrected chi connectivity index (χ2v) is 12.2. The lowest BCUT2D eigenvalue weighted by Gasteiger charge is -2.14. The Morgan fingerprint density at radius 1 is 0.340 bits per heavy atom. The molecule has 6 aromatic carbocycles. The molecule has 0 aliphatic heterocycles.